The van der Waals surface area contributed by atoms with Gasteiger partial charge >= 0.3 is 0 Å². The van der Waals surface area contributed by atoms with E-state index in [9.17, 15) is 14.9 Å². The molecule has 0 saturated carbocycles. The summed E-state index contributed by atoms with van der Waals surface area (Å²) in [5.41, 5.74) is 9.83. The van der Waals surface area contributed by atoms with Crippen LogP contribution in [0.15, 0.2) is 87.7 Å². The van der Waals surface area contributed by atoms with Crippen LogP contribution in [0.4, 0.5) is 10.8 Å². The molecule has 2 heterocycles. The number of methoxy groups -OCH3 is 1. The minimum Gasteiger partial charge on any atom is -0.497 e. The van der Waals surface area contributed by atoms with E-state index in [1.54, 1.807) is 36.3 Å². The zero-order valence-electron chi connectivity index (χ0n) is 21.7. The quantitative estimate of drug-likeness (QED) is 0.354. The number of nitrogens with two attached hydrogens (primary N) is 1. The lowest BCUT2D eigenvalue weighted by molar-refractivity contribution is -0.116. The molecule has 0 spiro atoms. The van der Waals surface area contributed by atoms with Crippen LogP contribution in [-0.2, 0) is 9.59 Å². The molecule has 1 amide bonds. The molecule has 40 heavy (non-hydrogen) atoms. The number of allylic oxidation sites excluding steroid dienone is 4. The van der Waals surface area contributed by atoms with Gasteiger partial charge < -0.3 is 15.8 Å². The summed E-state index contributed by atoms with van der Waals surface area (Å²) in [5.74, 6) is 0.358. The third-order valence-corrected chi connectivity index (χ3v) is 8.57. The van der Waals surface area contributed by atoms with Crippen molar-refractivity contribution in [2.75, 3.05) is 23.1 Å². The average Bonchev–Trinajstić information content (AvgIpc) is 3.44. The summed E-state index contributed by atoms with van der Waals surface area (Å²) in [6, 6.07) is 19.0. The standard InChI is InChI=1S/C29H26N6O3S2/c1-38-20-13-11-19(12-14-20)32-25(37)17-39-29-34-33-28(40-29)35-23-8-5-9-24(36)26(23)21(22(16-30)27(35)31)15-10-18-6-3-2-4-7-18/h2-4,6-7,10-15,21H,5,8-9,17,31H2,1H3,(H,32,37)/b15-10+. The lowest BCUT2D eigenvalue weighted by Gasteiger charge is -2.37. The number of carbonyl (C=O) groups is 2. The molecular weight excluding hydrogens is 544 g/mol. The number of nitrogens with zero attached hydrogens (tertiary/aromatic N) is 4. The number of thioether (sulfide) groups is 1. The van der Waals surface area contributed by atoms with Gasteiger partial charge in [-0.05, 0) is 42.7 Å². The Labute approximate surface area is 240 Å². The molecule has 1 aliphatic heterocycles. The van der Waals surface area contributed by atoms with Crippen molar-refractivity contribution in [3.05, 3.63) is 88.9 Å². The van der Waals surface area contributed by atoms with Crippen LogP contribution in [0.25, 0.3) is 6.08 Å². The molecule has 0 fully saturated rings. The topological polar surface area (TPSA) is 134 Å². The first-order valence-electron chi connectivity index (χ1n) is 12.6. The number of anilines is 2. The van der Waals surface area contributed by atoms with Crippen LogP contribution >= 0.6 is 23.1 Å². The molecule has 11 heteroatoms. The highest BCUT2D eigenvalue weighted by atomic mass is 32.2. The highest BCUT2D eigenvalue weighted by molar-refractivity contribution is 8.01. The number of ether oxygens (including phenoxy) is 1. The Balaban J connectivity index is 1.36. The first-order valence-corrected chi connectivity index (χ1v) is 14.4. The summed E-state index contributed by atoms with van der Waals surface area (Å²) in [6.45, 7) is 0. The molecule has 0 saturated heterocycles. The van der Waals surface area contributed by atoms with Gasteiger partial charge in [-0.3, -0.25) is 14.5 Å². The molecular formula is C29H26N6O3S2. The zero-order valence-corrected chi connectivity index (χ0v) is 23.3. The molecule has 5 rings (SSSR count). The Kier molecular flexibility index (Phi) is 8.28. The maximum Gasteiger partial charge on any atom is 0.234 e. The zero-order chi connectivity index (χ0) is 28.1. The third kappa shape index (κ3) is 5.78. The predicted octanol–water partition coefficient (Wildman–Crippen LogP) is 5.13. The number of hydrogen-bond acceptors (Lipinski definition) is 10. The van der Waals surface area contributed by atoms with Crippen molar-refractivity contribution in [1.29, 1.82) is 5.26 Å². The number of amides is 1. The van der Waals surface area contributed by atoms with Gasteiger partial charge in [-0.2, -0.15) is 5.26 Å². The number of aromatic nitrogens is 2. The van der Waals surface area contributed by atoms with Crippen molar-refractivity contribution in [3.8, 4) is 11.8 Å². The molecule has 1 unspecified atom stereocenters. The Hall–Kier alpha value is -4.40. The maximum absolute atomic E-state index is 13.2. The van der Waals surface area contributed by atoms with E-state index in [0.29, 0.717) is 51.3 Å². The number of nitriles is 1. The van der Waals surface area contributed by atoms with E-state index in [4.69, 9.17) is 10.5 Å². The summed E-state index contributed by atoms with van der Waals surface area (Å²) in [4.78, 5) is 27.4. The van der Waals surface area contributed by atoms with Crippen LogP contribution in [0.2, 0.25) is 0 Å². The summed E-state index contributed by atoms with van der Waals surface area (Å²) in [5, 5.41) is 22.0. The van der Waals surface area contributed by atoms with Gasteiger partial charge in [0.1, 0.15) is 11.6 Å². The molecule has 0 radical (unpaired) electrons. The second kappa shape index (κ2) is 12.2. The van der Waals surface area contributed by atoms with Gasteiger partial charge in [0.15, 0.2) is 10.1 Å². The highest BCUT2D eigenvalue weighted by Gasteiger charge is 2.39. The molecule has 2 aliphatic rings. The predicted molar refractivity (Wildman–Crippen MR) is 156 cm³/mol. The minimum absolute atomic E-state index is 0.00327. The number of ketones is 1. The molecule has 202 valence electrons. The first-order chi connectivity index (χ1) is 19.5. The van der Waals surface area contributed by atoms with Gasteiger partial charge in [-0.25, -0.2) is 0 Å². The van der Waals surface area contributed by atoms with E-state index >= 15 is 0 Å². The number of nitrogens with one attached hydrogen (secondary N) is 1. The maximum atomic E-state index is 13.2. The fraction of sp³-hybridized carbons (Fsp3) is 0.207. The van der Waals surface area contributed by atoms with Crippen LogP contribution in [0.3, 0.4) is 0 Å². The van der Waals surface area contributed by atoms with E-state index < -0.39 is 5.92 Å². The van der Waals surface area contributed by atoms with E-state index in [1.165, 1.54) is 23.1 Å². The SMILES string of the molecule is COc1ccc(NC(=O)CSc2nnc(N3C(N)=C(C#N)C(/C=C/c4ccccc4)C4=C3CCCC4=O)s2)cc1. The van der Waals surface area contributed by atoms with Crippen LogP contribution in [0, 0.1) is 17.2 Å². The number of benzene rings is 2. The van der Waals surface area contributed by atoms with Crippen molar-refractivity contribution in [1.82, 2.24) is 10.2 Å². The van der Waals surface area contributed by atoms with E-state index in [2.05, 4.69) is 21.6 Å². The summed E-state index contributed by atoms with van der Waals surface area (Å²) in [6.07, 6.45) is 5.52. The lowest BCUT2D eigenvalue weighted by Crippen LogP contribution is -2.39. The number of hydrogen-bond donors (Lipinski definition) is 2. The minimum atomic E-state index is -0.535. The van der Waals surface area contributed by atoms with E-state index in [0.717, 1.165) is 11.3 Å². The summed E-state index contributed by atoms with van der Waals surface area (Å²) < 4.78 is 5.71. The average molecular weight is 571 g/mol. The van der Waals surface area contributed by atoms with E-state index in [-0.39, 0.29) is 23.3 Å². The van der Waals surface area contributed by atoms with Crippen molar-refractivity contribution >= 4 is 51.7 Å². The van der Waals surface area contributed by atoms with Crippen LogP contribution in [-0.4, -0.2) is 34.8 Å². The van der Waals surface area contributed by atoms with E-state index in [1.807, 2.05) is 42.5 Å². The van der Waals surface area contributed by atoms with Crippen LogP contribution in [0.5, 0.6) is 5.75 Å². The molecule has 3 aromatic rings. The van der Waals surface area contributed by atoms with Crippen LogP contribution < -0.4 is 20.7 Å². The van der Waals surface area contributed by atoms with Gasteiger partial charge in [-0.1, -0.05) is 65.6 Å². The molecule has 1 atom stereocenters. The van der Waals surface area contributed by atoms with Crippen molar-refractivity contribution in [2.45, 2.75) is 23.6 Å². The Bertz CT molecular complexity index is 1550. The second-order valence-corrected chi connectivity index (χ2v) is 11.2. The molecule has 3 N–H and O–H groups in total. The fourth-order valence-corrected chi connectivity index (χ4v) is 6.34. The number of rotatable bonds is 8. The van der Waals surface area contributed by atoms with Crippen LogP contribution in [0.1, 0.15) is 24.8 Å². The highest BCUT2D eigenvalue weighted by Crippen LogP contribution is 2.44. The normalized spacial score (nSPS) is 17.1. The third-order valence-electron chi connectivity index (χ3n) is 6.53. The molecule has 1 aliphatic carbocycles. The lowest BCUT2D eigenvalue weighted by atomic mass is 9.79. The van der Waals surface area contributed by atoms with Gasteiger partial charge in [0, 0.05) is 29.3 Å². The smallest absolute Gasteiger partial charge is 0.234 e. The number of carbonyl (C=O) groups excluding carboxylic acids is 2. The summed E-state index contributed by atoms with van der Waals surface area (Å²) >= 11 is 2.51. The second-order valence-electron chi connectivity index (χ2n) is 9.05. The van der Waals surface area contributed by atoms with Crippen molar-refractivity contribution in [2.24, 2.45) is 11.7 Å². The van der Waals surface area contributed by atoms with Gasteiger partial charge in [-0.15, -0.1) is 10.2 Å². The van der Waals surface area contributed by atoms with Crippen molar-refractivity contribution < 1.29 is 14.3 Å². The molecule has 0 bridgehead atoms. The van der Waals surface area contributed by atoms with Gasteiger partial charge in [0.2, 0.25) is 11.0 Å². The largest absolute Gasteiger partial charge is 0.497 e. The van der Waals surface area contributed by atoms with Gasteiger partial charge in [0.25, 0.3) is 0 Å². The Morgan fingerprint density at radius 1 is 1.23 bits per heavy atom. The Morgan fingerprint density at radius 3 is 2.73 bits per heavy atom. The van der Waals surface area contributed by atoms with Crippen molar-refractivity contribution in [3.63, 3.8) is 0 Å². The number of Topliss-reactive ketones (excluding diaryl/α,β-unsaturated/α-hetero) is 1. The molecule has 2 aromatic carbocycles. The first kappa shape index (κ1) is 27.2. The monoisotopic (exact) mass is 570 g/mol. The molecule has 1 aromatic heterocycles. The molecule has 9 nitrogen and oxygen atoms in total. The fourth-order valence-electron chi connectivity index (χ4n) is 4.66. The summed E-state index contributed by atoms with van der Waals surface area (Å²) in [7, 11) is 1.58. The van der Waals surface area contributed by atoms with Gasteiger partial charge in [0.05, 0.1) is 24.5 Å². The Morgan fingerprint density at radius 2 is 2.00 bits per heavy atom.